The summed E-state index contributed by atoms with van der Waals surface area (Å²) in [4.78, 5) is 12.0. The molecule has 1 unspecified atom stereocenters. The minimum atomic E-state index is -0.529. The van der Waals surface area contributed by atoms with E-state index in [2.05, 4.69) is 12.6 Å². The van der Waals surface area contributed by atoms with Crippen LogP contribution in [-0.4, -0.2) is 5.78 Å². The lowest BCUT2D eigenvalue weighted by Crippen LogP contribution is -2.04. The minimum Gasteiger partial charge on any atom is -0.298 e. The van der Waals surface area contributed by atoms with Gasteiger partial charge < -0.3 is 0 Å². The molecule has 76 valence electrons. The molecular weight excluding hydrogens is 216 g/mol. The van der Waals surface area contributed by atoms with E-state index in [0.717, 1.165) is 22.4 Å². The Hall–Kier alpha value is -0.470. The maximum absolute atomic E-state index is 11.1. The van der Waals surface area contributed by atoms with Crippen molar-refractivity contribution in [3.05, 3.63) is 29.3 Å². The predicted molar refractivity (Wildman–Crippen MR) is 62.3 cm³/mol. The summed E-state index contributed by atoms with van der Waals surface area (Å²) < 4.78 is 0. The molecule has 1 aromatic carbocycles. The number of ketones is 1. The highest BCUT2D eigenvalue weighted by molar-refractivity contribution is 7.80. The Labute approximate surface area is 94.9 Å². The molecule has 0 saturated heterocycles. The normalized spacial score (nSPS) is 12.6. The summed E-state index contributed by atoms with van der Waals surface area (Å²) in [7, 11) is 0. The van der Waals surface area contributed by atoms with Crippen molar-refractivity contribution in [1.82, 2.24) is 0 Å². The highest BCUT2D eigenvalue weighted by atomic mass is 35.5. The first-order valence-corrected chi connectivity index (χ1v) is 5.41. The molecule has 0 aromatic heterocycles. The smallest absolute Gasteiger partial charge is 0.152 e. The molecule has 14 heavy (non-hydrogen) atoms. The summed E-state index contributed by atoms with van der Waals surface area (Å²) >= 11 is 10.3. The van der Waals surface area contributed by atoms with Crippen LogP contribution in [0.3, 0.4) is 0 Å². The van der Waals surface area contributed by atoms with Crippen LogP contribution in [0.1, 0.15) is 30.4 Å². The van der Waals surface area contributed by atoms with Crippen molar-refractivity contribution in [2.45, 2.75) is 30.5 Å². The second-order valence-electron chi connectivity index (χ2n) is 3.21. The monoisotopic (exact) mass is 228 g/mol. The van der Waals surface area contributed by atoms with Crippen molar-refractivity contribution < 1.29 is 4.79 Å². The third kappa shape index (κ3) is 2.52. The molecule has 3 heteroatoms. The molecule has 1 atom stereocenters. The van der Waals surface area contributed by atoms with Gasteiger partial charge in [-0.05, 0) is 36.6 Å². The summed E-state index contributed by atoms with van der Waals surface area (Å²) in [6.07, 6.45) is 0.861. The summed E-state index contributed by atoms with van der Waals surface area (Å²) in [5.41, 5.74) is 1.99. The number of rotatable bonds is 3. The zero-order chi connectivity index (χ0) is 10.7. The Morgan fingerprint density at radius 3 is 2.71 bits per heavy atom. The van der Waals surface area contributed by atoms with E-state index in [4.69, 9.17) is 11.6 Å². The highest BCUT2D eigenvalue weighted by Gasteiger charge is 2.15. The molecule has 0 N–H and O–H groups in total. The van der Waals surface area contributed by atoms with Gasteiger partial charge in [-0.1, -0.05) is 13.0 Å². The van der Waals surface area contributed by atoms with Crippen LogP contribution in [0.4, 0.5) is 0 Å². The molecule has 0 saturated carbocycles. The zero-order valence-electron chi connectivity index (χ0n) is 8.25. The van der Waals surface area contributed by atoms with E-state index >= 15 is 0 Å². The van der Waals surface area contributed by atoms with Gasteiger partial charge in [0.2, 0.25) is 0 Å². The van der Waals surface area contributed by atoms with Crippen molar-refractivity contribution in [3.8, 4) is 0 Å². The number of hydrogen-bond donors (Lipinski definition) is 1. The van der Waals surface area contributed by atoms with Gasteiger partial charge in [0.1, 0.15) is 5.38 Å². The summed E-state index contributed by atoms with van der Waals surface area (Å²) in [5, 5.41) is -0.529. The van der Waals surface area contributed by atoms with Crippen molar-refractivity contribution in [2.24, 2.45) is 0 Å². The summed E-state index contributed by atoms with van der Waals surface area (Å²) in [5.74, 6) is -0.0201. The van der Waals surface area contributed by atoms with Gasteiger partial charge in [-0.2, -0.15) is 0 Å². The van der Waals surface area contributed by atoms with Crippen LogP contribution in [0.5, 0.6) is 0 Å². The van der Waals surface area contributed by atoms with Gasteiger partial charge in [-0.3, -0.25) is 4.79 Å². The van der Waals surface area contributed by atoms with Crippen molar-refractivity contribution >= 4 is 30.0 Å². The fourth-order valence-corrected chi connectivity index (χ4v) is 1.81. The number of halogens is 1. The maximum atomic E-state index is 11.1. The topological polar surface area (TPSA) is 17.1 Å². The average molecular weight is 229 g/mol. The zero-order valence-corrected chi connectivity index (χ0v) is 9.90. The third-order valence-corrected chi connectivity index (χ3v) is 2.96. The fraction of sp³-hybridized carbons (Fsp3) is 0.364. The first kappa shape index (κ1) is 11.6. The van der Waals surface area contributed by atoms with Crippen LogP contribution >= 0.6 is 24.2 Å². The van der Waals surface area contributed by atoms with E-state index in [1.54, 1.807) is 0 Å². The average Bonchev–Trinajstić information content (AvgIpc) is 2.16. The number of Topliss-reactive ketones (excluding diaryl/α,β-unsaturated/α-hetero) is 1. The van der Waals surface area contributed by atoms with Gasteiger partial charge in [-0.25, -0.2) is 0 Å². The summed E-state index contributed by atoms with van der Waals surface area (Å²) in [6, 6.07) is 5.69. The van der Waals surface area contributed by atoms with E-state index < -0.39 is 5.38 Å². The van der Waals surface area contributed by atoms with Crippen molar-refractivity contribution in [1.29, 1.82) is 0 Å². The highest BCUT2D eigenvalue weighted by Crippen LogP contribution is 2.27. The Kier molecular flexibility index (Phi) is 4.02. The molecule has 0 amide bonds. The minimum absolute atomic E-state index is 0.0201. The molecule has 0 bridgehead atoms. The van der Waals surface area contributed by atoms with Crippen LogP contribution in [0, 0.1) is 0 Å². The largest absolute Gasteiger partial charge is 0.298 e. The molecule has 0 fully saturated rings. The Balaban J connectivity index is 3.13. The van der Waals surface area contributed by atoms with E-state index in [0.29, 0.717) is 0 Å². The van der Waals surface area contributed by atoms with Gasteiger partial charge in [0.05, 0.1) is 0 Å². The number of alkyl halides is 1. The lowest BCUT2D eigenvalue weighted by molar-refractivity contribution is -0.116. The number of thiol groups is 1. The summed E-state index contributed by atoms with van der Waals surface area (Å²) in [6.45, 7) is 3.54. The van der Waals surface area contributed by atoms with Crippen LogP contribution in [0.2, 0.25) is 0 Å². The first-order chi connectivity index (χ1) is 6.56. The van der Waals surface area contributed by atoms with E-state index in [1.165, 1.54) is 6.92 Å². The van der Waals surface area contributed by atoms with Crippen LogP contribution in [-0.2, 0) is 11.2 Å². The SMILES string of the molecule is CCc1cc(S)ccc1C(Cl)C(C)=O. The van der Waals surface area contributed by atoms with E-state index in [1.807, 2.05) is 25.1 Å². The lowest BCUT2D eigenvalue weighted by atomic mass is 10.0. The third-order valence-electron chi connectivity index (χ3n) is 2.14. The Bertz CT molecular complexity index is 349. The first-order valence-electron chi connectivity index (χ1n) is 4.52. The Morgan fingerprint density at radius 1 is 1.57 bits per heavy atom. The molecule has 0 radical (unpaired) electrons. The number of benzene rings is 1. The van der Waals surface area contributed by atoms with Gasteiger partial charge in [0.25, 0.3) is 0 Å². The second kappa shape index (κ2) is 4.85. The molecule has 0 aliphatic carbocycles. The molecule has 0 heterocycles. The number of hydrogen-bond acceptors (Lipinski definition) is 2. The van der Waals surface area contributed by atoms with Gasteiger partial charge >= 0.3 is 0 Å². The quantitative estimate of drug-likeness (QED) is 0.620. The van der Waals surface area contributed by atoms with Gasteiger partial charge in [0, 0.05) is 4.90 Å². The van der Waals surface area contributed by atoms with Crippen molar-refractivity contribution in [2.75, 3.05) is 0 Å². The van der Waals surface area contributed by atoms with Crippen molar-refractivity contribution in [3.63, 3.8) is 0 Å². The molecule has 1 aromatic rings. The van der Waals surface area contributed by atoms with E-state index in [9.17, 15) is 4.79 Å². The molecule has 0 aliphatic heterocycles. The number of carbonyl (C=O) groups is 1. The molecule has 1 rings (SSSR count). The van der Waals surface area contributed by atoms with Crippen LogP contribution < -0.4 is 0 Å². The molecule has 0 spiro atoms. The van der Waals surface area contributed by atoms with E-state index in [-0.39, 0.29) is 5.78 Å². The Morgan fingerprint density at radius 2 is 2.21 bits per heavy atom. The molecule has 0 aliphatic rings. The second-order valence-corrected chi connectivity index (χ2v) is 4.16. The van der Waals surface area contributed by atoms with Crippen LogP contribution in [0.25, 0.3) is 0 Å². The standard InChI is InChI=1S/C11H13ClOS/c1-3-8-6-9(14)4-5-10(8)11(12)7(2)13/h4-6,11,14H,3H2,1-2H3. The number of carbonyl (C=O) groups excluding carboxylic acids is 1. The number of aryl methyl sites for hydroxylation is 1. The predicted octanol–water partition coefficient (Wildman–Crippen LogP) is 3.41. The van der Waals surface area contributed by atoms with Gasteiger partial charge in [-0.15, -0.1) is 24.2 Å². The fourth-order valence-electron chi connectivity index (χ4n) is 1.36. The maximum Gasteiger partial charge on any atom is 0.152 e. The molecule has 1 nitrogen and oxygen atoms in total. The van der Waals surface area contributed by atoms with Gasteiger partial charge in [0.15, 0.2) is 5.78 Å². The lowest BCUT2D eigenvalue weighted by Gasteiger charge is -2.11. The molecular formula is C11H13ClOS. The van der Waals surface area contributed by atoms with Crippen LogP contribution in [0.15, 0.2) is 23.1 Å².